The molecule has 0 saturated heterocycles. The minimum Gasteiger partial charge on any atom is -0.508 e. The zero-order valence-corrected chi connectivity index (χ0v) is 37.3. The molecule has 0 amide bonds. The van der Waals surface area contributed by atoms with E-state index in [0.717, 1.165) is 56.1 Å². The maximum atomic E-state index is 14.7. The lowest BCUT2D eigenvalue weighted by Gasteiger charge is -2.59. The molecule has 1 unspecified atom stereocenters. The van der Waals surface area contributed by atoms with Gasteiger partial charge in [-0.15, -0.1) is 0 Å². The highest BCUT2D eigenvalue weighted by atomic mass is 16.3. The molecule has 5 N–H and O–H groups in total. The Bertz CT molecular complexity index is 1940. The van der Waals surface area contributed by atoms with Crippen molar-refractivity contribution in [3.63, 3.8) is 0 Å². The first-order valence-electron chi connectivity index (χ1n) is 22.1. The first-order chi connectivity index (χ1) is 27.6. The van der Waals surface area contributed by atoms with Gasteiger partial charge in [-0.25, -0.2) is 0 Å². The second-order valence-electron chi connectivity index (χ2n) is 20.2. The van der Waals surface area contributed by atoms with Crippen LogP contribution in [0.1, 0.15) is 150 Å². The topological polar surface area (TPSA) is 152 Å². The van der Waals surface area contributed by atoms with Crippen LogP contribution in [0.5, 0.6) is 11.5 Å². The molecule has 0 radical (unpaired) electrons. The van der Waals surface area contributed by atoms with Crippen molar-refractivity contribution in [2.24, 2.45) is 45.3 Å². The summed E-state index contributed by atoms with van der Waals surface area (Å²) in [6.07, 6.45) is 18.8. The molecule has 0 spiro atoms. The lowest BCUT2D eigenvalue weighted by atomic mass is 9.44. The molecule has 0 heterocycles. The predicted octanol–water partition coefficient (Wildman–Crippen LogP) is 10.1. The van der Waals surface area contributed by atoms with Crippen LogP contribution in [0.2, 0.25) is 0 Å². The maximum absolute atomic E-state index is 14.7. The Kier molecular flexibility index (Phi) is 14.0. The number of ketones is 3. The molecular formula is C51H72O8. The zero-order valence-electron chi connectivity index (χ0n) is 37.3. The zero-order chi connectivity index (χ0) is 43.7. The molecule has 0 aliphatic heterocycles. The van der Waals surface area contributed by atoms with Crippen LogP contribution in [0, 0.1) is 45.3 Å². The summed E-state index contributed by atoms with van der Waals surface area (Å²) in [5, 5.41) is 52.0. The van der Waals surface area contributed by atoms with Crippen molar-refractivity contribution >= 4 is 17.3 Å². The Morgan fingerprint density at radius 1 is 0.932 bits per heavy atom. The molecule has 8 atom stereocenters. The Morgan fingerprint density at radius 3 is 2.29 bits per heavy atom. The third kappa shape index (κ3) is 8.92. The number of Topliss-reactive ketones (excluding diaryl/α,β-unsaturated/α-hetero) is 2. The van der Waals surface area contributed by atoms with Crippen LogP contribution in [0.4, 0.5) is 0 Å². The number of fused-ring (bicyclic) bond motifs is 5. The first-order valence-corrected chi connectivity index (χ1v) is 22.1. The van der Waals surface area contributed by atoms with Crippen LogP contribution in [-0.2, 0) is 9.59 Å². The van der Waals surface area contributed by atoms with E-state index in [9.17, 15) is 39.9 Å². The number of carbonyl (C=O) groups excluding carboxylic acids is 3. The van der Waals surface area contributed by atoms with Crippen molar-refractivity contribution in [1.82, 2.24) is 0 Å². The van der Waals surface area contributed by atoms with Gasteiger partial charge in [0.05, 0.1) is 30.3 Å². The van der Waals surface area contributed by atoms with Gasteiger partial charge in [-0.2, -0.15) is 0 Å². The standard InChI is InChI=1S/C51H72O8/c1-32(12-10-14-33(2)30-52)13-11-15-35(28-43(56)37-29-36(54)17-20-42(37)55)46(58)41(51(9,59)31-53)18-16-34(3)38-22-26-50(8)40-19-21-44-47(4,5)45(57)24-25-48(44,6)39(40)23-27-49(38,50)7/h13-14,17,19-20,23,28-29,34,38,41,44,52-55,59H,10-12,15-16,18,21-22,24-27,30-31H2,1-9H3/b32-13+,33-14+,35-28-/t34-,38-,41-,44+,48-,49-,50+,51?/m1/s1. The fraction of sp³-hybridized carbons (Fsp3) is 0.627. The molecule has 324 valence electrons. The molecule has 2 fully saturated rings. The third-order valence-electron chi connectivity index (χ3n) is 16.1. The monoisotopic (exact) mass is 813 g/mol. The van der Waals surface area contributed by atoms with Gasteiger partial charge < -0.3 is 25.5 Å². The molecular weight excluding hydrogens is 741 g/mol. The lowest BCUT2D eigenvalue weighted by molar-refractivity contribution is -0.138. The van der Waals surface area contributed by atoms with Gasteiger partial charge in [-0.3, -0.25) is 14.4 Å². The van der Waals surface area contributed by atoms with Crippen LogP contribution in [0.15, 0.2) is 76.4 Å². The molecule has 4 aliphatic rings. The van der Waals surface area contributed by atoms with Gasteiger partial charge in [0.2, 0.25) is 0 Å². The summed E-state index contributed by atoms with van der Waals surface area (Å²) in [6.45, 7) is 18.6. The largest absolute Gasteiger partial charge is 0.508 e. The molecule has 4 aliphatic carbocycles. The van der Waals surface area contributed by atoms with E-state index in [-0.39, 0.29) is 69.2 Å². The van der Waals surface area contributed by atoms with E-state index < -0.39 is 29.7 Å². The molecule has 0 aromatic heterocycles. The van der Waals surface area contributed by atoms with E-state index in [1.165, 1.54) is 42.3 Å². The Morgan fingerprint density at radius 2 is 1.61 bits per heavy atom. The third-order valence-corrected chi connectivity index (χ3v) is 16.1. The number of aromatic hydroxyl groups is 2. The SMILES string of the molecule is C/C(=C\CC/C(C)=C/CC/C(=C/C(=O)c1cc(O)ccc1O)C(=O)[C@@H](CC[C@@H](C)[C@H]1CC[C@@]2(C)C3=CC[C@H]4C(C)(C)C(=O)CC[C@]4(C)C3=CC[C@]12C)C(C)(O)CO)CO. The number of aliphatic hydroxyl groups is 3. The van der Waals surface area contributed by atoms with Crippen LogP contribution >= 0.6 is 0 Å². The van der Waals surface area contributed by atoms with Gasteiger partial charge in [0.1, 0.15) is 17.3 Å². The fourth-order valence-corrected chi connectivity index (χ4v) is 11.9. The summed E-state index contributed by atoms with van der Waals surface area (Å²) < 4.78 is 0. The summed E-state index contributed by atoms with van der Waals surface area (Å²) in [6, 6.07) is 3.68. The molecule has 1 aromatic carbocycles. The fourth-order valence-electron chi connectivity index (χ4n) is 11.9. The van der Waals surface area contributed by atoms with Gasteiger partial charge in [0, 0.05) is 11.8 Å². The van der Waals surface area contributed by atoms with Crippen LogP contribution in [-0.4, -0.2) is 61.7 Å². The highest BCUT2D eigenvalue weighted by Crippen LogP contribution is 2.71. The highest BCUT2D eigenvalue weighted by Gasteiger charge is 2.63. The summed E-state index contributed by atoms with van der Waals surface area (Å²) in [4.78, 5) is 41.4. The quantitative estimate of drug-likeness (QED) is 0.0451. The van der Waals surface area contributed by atoms with Crippen LogP contribution in [0.25, 0.3) is 0 Å². The van der Waals surface area contributed by atoms with Gasteiger partial charge in [0.25, 0.3) is 0 Å². The number of aliphatic hydroxyl groups excluding tert-OH is 2. The molecule has 0 bridgehead atoms. The number of allylic oxidation sites excluding steroid dienone is 9. The second-order valence-corrected chi connectivity index (χ2v) is 20.2. The number of phenolic OH excluding ortho intramolecular Hbond substituents is 2. The predicted molar refractivity (Wildman–Crippen MR) is 234 cm³/mol. The minimum absolute atomic E-state index is 0.0125. The maximum Gasteiger partial charge on any atom is 0.190 e. The van der Waals surface area contributed by atoms with Crippen molar-refractivity contribution in [2.75, 3.05) is 13.2 Å². The van der Waals surface area contributed by atoms with Gasteiger partial charge in [0.15, 0.2) is 11.6 Å². The lowest BCUT2D eigenvalue weighted by Crippen LogP contribution is -2.53. The van der Waals surface area contributed by atoms with Crippen molar-refractivity contribution < 1.29 is 39.9 Å². The number of hydrogen-bond acceptors (Lipinski definition) is 8. The van der Waals surface area contributed by atoms with E-state index >= 15 is 0 Å². The van der Waals surface area contributed by atoms with Gasteiger partial charge in [-0.1, -0.05) is 77.0 Å². The van der Waals surface area contributed by atoms with Gasteiger partial charge in [-0.05, 0) is 166 Å². The number of phenols is 2. The van der Waals surface area contributed by atoms with E-state index in [0.29, 0.717) is 37.4 Å². The van der Waals surface area contributed by atoms with Crippen molar-refractivity contribution in [2.45, 2.75) is 145 Å². The van der Waals surface area contributed by atoms with Gasteiger partial charge >= 0.3 is 0 Å². The molecule has 59 heavy (non-hydrogen) atoms. The molecule has 1 aromatic rings. The molecule has 8 nitrogen and oxygen atoms in total. The summed E-state index contributed by atoms with van der Waals surface area (Å²) in [5.41, 5.74) is 2.80. The number of benzene rings is 1. The average Bonchev–Trinajstić information content (AvgIpc) is 3.47. The van der Waals surface area contributed by atoms with E-state index in [1.807, 2.05) is 26.0 Å². The first kappa shape index (κ1) is 46.5. The Balaban J connectivity index is 1.39. The highest BCUT2D eigenvalue weighted by molar-refractivity contribution is 6.12. The Hall–Kier alpha value is -3.59. The summed E-state index contributed by atoms with van der Waals surface area (Å²) in [5.74, 6) is -1.33. The summed E-state index contributed by atoms with van der Waals surface area (Å²) in [7, 11) is 0. The smallest absolute Gasteiger partial charge is 0.190 e. The van der Waals surface area contributed by atoms with Crippen molar-refractivity contribution in [3.8, 4) is 11.5 Å². The minimum atomic E-state index is -1.75. The normalized spacial score (nSPS) is 30.3. The number of carbonyl (C=O) groups is 3. The Labute approximate surface area is 353 Å². The number of rotatable bonds is 17. The van der Waals surface area contributed by atoms with E-state index in [4.69, 9.17) is 0 Å². The van der Waals surface area contributed by atoms with Crippen LogP contribution < -0.4 is 0 Å². The molecule has 5 rings (SSSR count). The van der Waals surface area contributed by atoms with E-state index in [2.05, 4.69) is 53.7 Å². The van der Waals surface area contributed by atoms with Crippen LogP contribution in [0.3, 0.4) is 0 Å². The summed E-state index contributed by atoms with van der Waals surface area (Å²) >= 11 is 0. The second kappa shape index (κ2) is 17.8. The average molecular weight is 813 g/mol. The van der Waals surface area contributed by atoms with Crippen molar-refractivity contribution in [1.29, 1.82) is 0 Å². The number of hydrogen-bond donors (Lipinski definition) is 5. The molecule has 2 saturated carbocycles. The van der Waals surface area contributed by atoms with Crippen molar-refractivity contribution in [3.05, 3.63) is 82.0 Å². The molecule has 8 heteroatoms. The van der Waals surface area contributed by atoms with E-state index in [1.54, 1.807) is 0 Å².